The first-order valence-corrected chi connectivity index (χ1v) is 5.15. The molecule has 1 saturated carbocycles. The summed E-state index contributed by atoms with van der Waals surface area (Å²) in [4.78, 5) is 3.98. The highest BCUT2D eigenvalue weighted by Gasteiger charge is 2.36. The molecule has 1 aliphatic rings. The zero-order chi connectivity index (χ0) is 9.86. The standard InChI is InChI=1S/C12H14N2/c13-10-12(5-1-6-12)7-2-11-3-8-14-9-4-11/h3-4,8-9H,1-2,5-7H2. The number of nitrogens with zero attached hydrogens (tertiary/aromatic N) is 2. The van der Waals surface area contributed by atoms with Crippen molar-refractivity contribution >= 4 is 0 Å². The third kappa shape index (κ3) is 1.77. The number of rotatable bonds is 3. The molecule has 2 rings (SSSR count). The fourth-order valence-corrected chi connectivity index (χ4v) is 1.95. The minimum Gasteiger partial charge on any atom is -0.265 e. The average molecular weight is 186 g/mol. The lowest BCUT2D eigenvalue weighted by atomic mass is 9.67. The van der Waals surface area contributed by atoms with Crippen LogP contribution in [-0.2, 0) is 6.42 Å². The summed E-state index contributed by atoms with van der Waals surface area (Å²) < 4.78 is 0. The van der Waals surface area contributed by atoms with Gasteiger partial charge in [0.1, 0.15) is 0 Å². The van der Waals surface area contributed by atoms with Crippen molar-refractivity contribution in [3.63, 3.8) is 0 Å². The molecule has 1 aliphatic carbocycles. The maximum Gasteiger partial charge on any atom is 0.0689 e. The third-order valence-corrected chi connectivity index (χ3v) is 3.19. The fraction of sp³-hybridized carbons (Fsp3) is 0.500. The molecule has 1 aromatic rings. The summed E-state index contributed by atoms with van der Waals surface area (Å²) >= 11 is 0. The minimum absolute atomic E-state index is 0.00324. The van der Waals surface area contributed by atoms with Gasteiger partial charge in [-0.1, -0.05) is 6.42 Å². The van der Waals surface area contributed by atoms with Crippen LogP contribution in [-0.4, -0.2) is 4.98 Å². The third-order valence-electron chi connectivity index (χ3n) is 3.19. The van der Waals surface area contributed by atoms with Crippen LogP contribution >= 0.6 is 0 Å². The summed E-state index contributed by atoms with van der Waals surface area (Å²) in [6, 6.07) is 6.53. The number of hydrogen-bond donors (Lipinski definition) is 0. The van der Waals surface area contributed by atoms with Crippen molar-refractivity contribution in [1.29, 1.82) is 5.26 Å². The Morgan fingerprint density at radius 2 is 2.07 bits per heavy atom. The van der Waals surface area contributed by atoms with E-state index in [1.807, 2.05) is 24.5 Å². The molecule has 1 aromatic heterocycles. The highest BCUT2D eigenvalue weighted by Crippen LogP contribution is 2.43. The molecule has 0 saturated heterocycles. The van der Waals surface area contributed by atoms with E-state index in [-0.39, 0.29) is 5.41 Å². The van der Waals surface area contributed by atoms with Gasteiger partial charge in [-0.3, -0.25) is 4.98 Å². The van der Waals surface area contributed by atoms with E-state index < -0.39 is 0 Å². The Morgan fingerprint density at radius 3 is 2.57 bits per heavy atom. The Balaban J connectivity index is 1.92. The molecule has 2 nitrogen and oxygen atoms in total. The molecule has 1 fully saturated rings. The first-order valence-electron chi connectivity index (χ1n) is 5.15. The second kappa shape index (κ2) is 3.79. The van der Waals surface area contributed by atoms with Gasteiger partial charge < -0.3 is 0 Å². The van der Waals surface area contributed by atoms with E-state index >= 15 is 0 Å². The molecular weight excluding hydrogens is 172 g/mol. The molecule has 0 N–H and O–H groups in total. The fourth-order valence-electron chi connectivity index (χ4n) is 1.95. The molecule has 0 unspecified atom stereocenters. The van der Waals surface area contributed by atoms with Crippen LogP contribution in [0.1, 0.15) is 31.2 Å². The predicted molar refractivity (Wildman–Crippen MR) is 54.5 cm³/mol. The lowest BCUT2D eigenvalue weighted by Crippen LogP contribution is -2.27. The summed E-state index contributed by atoms with van der Waals surface area (Å²) in [5.74, 6) is 0. The van der Waals surface area contributed by atoms with Gasteiger partial charge in [0.2, 0.25) is 0 Å². The van der Waals surface area contributed by atoms with E-state index in [0.29, 0.717) is 0 Å². The predicted octanol–water partition coefficient (Wildman–Crippen LogP) is 2.71. The summed E-state index contributed by atoms with van der Waals surface area (Å²) in [5, 5.41) is 9.05. The second-order valence-electron chi connectivity index (χ2n) is 4.10. The molecule has 0 atom stereocenters. The van der Waals surface area contributed by atoms with Gasteiger partial charge >= 0.3 is 0 Å². The normalized spacial score (nSPS) is 18.2. The maximum absolute atomic E-state index is 9.05. The molecule has 0 aromatic carbocycles. The first kappa shape index (κ1) is 9.21. The van der Waals surface area contributed by atoms with Crippen LogP contribution in [0.15, 0.2) is 24.5 Å². The van der Waals surface area contributed by atoms with Gasteiger partial charge in [0.15, 0.2) is 0 Å². The summed E-state index contributed by atoms with van der Waals surface area (Å²) in [5.41, 5.74) is 1.30. The molecule has 72 valence electrons. The Hall–Kier alpha value is -1.36. The van der Waals surface area contributed by atoms with Crippen LogP contribution in [0.3, 0.4) is 0 Å². The second-order valence-corrected chi connectivity index (χ2v) is 4.10. The topological polar surface area (TPSA) is 36.7 Å². The Labute approximate surface area is 84.6 Å². The number of pyridine rings is 1. The van der Waals surface area contributed by atoms with Crippen LogP contribution in [0, 0.1) is 16.7 Å². The number of nitriles is 1. The molecule has 14 heavy (non-hydrogen) atoms. The molecule has 0 amide bonds. The van der Waals surface area contributed by atoms with Crippen LogP contribution in [0.4, 0.5) is 0 Å². The van der Waals surface area contributed by atoms with E-state index in [2.05, 4.69) is 11.1 Å². The van der Waals surface area contributed by atoms with Crippen molar-refractivity contribution in [2.75, 3.05) is 0 Å². The first-order chi connectivity index (χ1) is 6.85. The molecule has 0 aliphatic heterocycles. The Kier molecular flexibility index (Phi) is 2.49. The van der Waals surface area contributed by atoms with Gasteiger partial charge in [-0.25, -0.2) is 0 Å². The number of aromatic nitrogens is 1. The largest absolute Gasteiger partial charge is 0.265 e. The van der Waals surface area contributed by atoms with E-state index in [0.717, 1.165) is 25.7 Å². The van der Waals surface area contributed by atoms with Crippen LogP contribution < -0.4 is 0 Å². The van der Waals surface area contributed by atoms with Crippen molar-refractivity contribution in [3.05, 3.63) is 30.1 Å². The summed E-state index contributed by atoms with van der Waals surface area (Å²) in [7, 11) is 0. The quantitative estimate of drug-likeness (QED) is 0.727. The van der Waals surface area contributed by atoms with Gasteiger partial charge in [0, 0.05) is 12.4 Å². The van der Waals surface area contributed by atoms with E-state index in [1.54, 1.807) is 0 Å². The lowest BCUT2D eigenvalue weighted by molar-refractivity contribution is 0.198. The van der Waals surface area contributed by atoms with Gasteiger partial charge in [0.25, 0.3) is 0 Å². The SMILES string of the molecule is N#CC1(CCc2ccncc2)CCC1. The van der Waals surface area contributed by atoms with Crippen molar-refractivity contribution in [3.8, 4) is 6.07 Å². The number of hydrogen-bond acceptors (Lipinski definition) is 2. The lowest BCUT2D eigenvalue weighted by Gasteiger charge is -2.35. The highest BCUT2D eigenvalue weighted by molar-refractivity contribution is 5.13. The van der Waals surface area contributed by atoms with Gasteiger partial charge in [-0.15, -0.1) is 0 Å². The van der Waals surface area contributed by atoms with Gasteiger partial charge in [-0.05, 0) is 43.4 Å². The monoisotopic (exact) mass is 186 g/mol. The number of aryl methyl sites for hydroxylation is 1. The van der Waals surface area contributed by atoms with Gasteiger partial charge in [0.05, 0.1) is 11.5 Å². The summed E-state index contributed by atoms with van der Waals surface area (Å²) in [6.07, 6.45) is 9.06. The highest BCUT2D eigenvalue weighted by atomic mass is 14.6. The summed E-state index contributed by atoms with van der Waals surface area (Å²) in [6.45, 7) is 0. The Bertz CT molecular complexity index is 333. The van der Waals surface area contributed by atoms with Crippen LogP contribution in [0.5, 0.6) is 0 Å². The van der Waals surface area contributed by atoms with E-state index in [1.165, 1.54) is 12.0 Å². The van der Waals surface area contributed by atoms with Crippen molar-refractivity contribution in [2.45, 2.75) is 32.1 Å². The molecule has 0 spiro atoms. The van der Waals surface area contributed by atoms with E-state index in [9.17, 15) is 0 Å². The molecular formula is C12H14N2. The van der Waals surface area contributed by atoms with Gasteiger partial charge in [-0.2, -0.15) is 5.26 Å². The smallest absolute Gasteiger partial charge is 0.0689 e. The van der Waals surface area contributed by atoms with Crippen LogP contribution in [0.2, 0.25) is 0 Å². The molecule has 0 radical (unpaired) electrons. The van der Waals surface area contributed by atoms with Crippen molar-refractivity contribution < 1.29 is 0 Å². The molecule has 1 heterocycles. The zero-order valence-corrected chi connectivity index (χ0v) is 8.24. The minimum atomic E-state index is 0.00324. The van der Waals surface area contributed by atoms with Crippen molar-refractivity contribution in [1.82, 2.24) is 4.98 Å². The van der Waals surface area contributed by atoms with Crippen LogP contribution in [0.25, 0.3) is 0 Å². The van der Waals surface area contributed by atoms with E-state index in [4.69, 9.17) is 5.26 Å². The average Bonchev–Trinajstić information content (AvgIpc) is 2.19. The zero-order valence-electron chi connectivity index (χ0n) is 8.24. The maximum atomic E-state index is 9.05. The van der Waals surface area contributed by atoms with Crippen molar-refractivity contribution in [2.24, 2.45) is 5.41 Å². The molecule has 0 bridgehead atoms. The molecule has 2 heteroatoms. The Morgan fingerprint density at radius 1 is 1.36 bits per heavy atom.